The number of amides is 1. The molecule has 0 bridgehead atoms. The molecule has 11 nitrogen and oxygen atoms in total. The molecule has 0 aromatic carbocycles. The highest BCUT2D eigenvalue weighted by Crippen LogP contribution is 2.43. The predicted molar refractivity (Wildman–Crippen MR) is 226 cm³/mol. The number of aliphatic hydroxyl groups excluding tert-OH is 1. The van der Waals surface area contributed by atoms with E-state index in [4.69, 9.17) is 13.8 Å². The van der Waals surface area contributed by atoms with Crippen molar-refractivity contribution in [3.63, 3.8) is 0 Å². The Hall–Kier alpha value is -3.34. The number of carbonyl (C=O) groups excluding carboxylic acids is 2. The second kappa shape index (κ2) is 38.5. The summed E-state index contributed by atoms with van der Waals surface area (Å²) in [5, 5.41) is 21.7. The van der Waals surface area contributed by atoms with Gasteiger partial charge >= 0.3 is 19.8 Å². The van der Waals surface area contributed by atoms with Crippen molar-refractivity contribution >= 4 is 25.7 Å². The quantitative estimate of drug-likeness (QED) is 0.0205. The molecule has 0 saturated carbocycles. The lowest BCUT2D eigenvalue weighted by molar-refractivity contribution is -0.147. The third-order valence-electron chi connectivity index (χ3n) is 8.23. The van der Waals surface area contributed by atoms with E-state index in [0.29, 0.717) is 12.8 Å². The van der Waals surface area contributed by atoms with Gasteiger partial charge in [0, 0.05) is 12.8 Å². The average Bonchev–Trinajstić information content (AvgIpc) is 3.17. The van der Waals surface area contributed by atoms with Crippen LogP contribution in [0.4, 0.5) is 0 Å². The summed E-state index contributed by atoms with van der Waals surface area (Å²) in [5.74, 6) is -2.56. The number of hydrogen-bond acceptors (Lipinski definition) is 8. The molecule has 0 fully saturated rings. The molecule has 0 rings (SSSR count). The number of allylic oxidation sites excluding steroid dienone is 13. The zero-order chi connectivity index (χ0) is 41.4. The van der Waals surface area contributed by atoms with Crippen molar-refractivity contribution in [2.45, 2.75) is 154 Å². The lowest BCUT2D eigenvalue weighted by Gasteiger charge is -2.18. The van der Waals surface area contributed by atoms with Gasteiger partial charge in [-0.25, -0.2) is 9.36 Å². The maximum atomic E-state index is 12.2. The Morgan fingerprint density at radius 2 is 1.00 bits per heavy atom. The van der Waals surface area contributed by atoms with Crippen LogP contribution in [0.1, 0.15) is 142 Å². The molecule has 1 amide bonds. The summed E-state index contributed by atoms with van der Waals surface area (Å²) < 4.78 is 26.7. The van der Waals surface area contributed by atoms with Gasteiger partial charge in [0.05, 0.1) is 13.2 Å². The highest BCUT2D eigenvalue weighted by atomic mass is 31.2. The highest BCUT2D eigenvalue weighted by molar-refractivity contribution is 7.47. The summed E-state index contributed by atoms with van der Waals surface area (Å²) in [5.41, 5.74) is 0. The highest BCUT2D eigenvalue weighted by Gasteiger charge is 2.28. The van der Waals surface area contributed by atoms with Gasteiger partial charge in [-0.3, -0.25) is 18.6 Å². The van der Waals surface area contributed by atoms with E-state index in [1.165, 1.54) is 44.9 Å². The first-order chi connectivity index (χ1) is 27.1. The van der Waals surface area contributed by atoms with E-state index in [1.54, 1.807) is 12.2 Å². The lowest BCUT2D eigenvalue weighted by atomic mass is 10.1. The fourth-order valence-corrected chi connectivity index (χ4v) is 5.81. The zero-order valence-electron chi connectivity index (χ0n) is 34.1. The molecule has 0 heterocycles. The van der Waals surface area contributed by atoms with E-state index in [2.05, 4.69) is 79.9 Å². The van der Waals surface area contributed by atoms with Crippen molar-refractivity contribution in [1.29, 1.82) is 0 Å². The van der Waals surface area contributed by atoms with Gasteiger partial charge in [0.1, 0.15) is 12.7 Å². The second-order valence-corrected chi connectivity index (χ2v) is 14.9. The Labute approximate surface area is 337 Å². The number of carboxylic acid groups (broad SMARTS) is 1. The Morgan fingerprint density at radius 3 is 1.45 bits per heavy atom. The molecule has 0 radical (unpaired) electrons. The first kappa shape index (κ1) is 52.7. The third-order valence-corrected chi connectivity index (χ3v) is 9.18. The van der Waals surface area contributed by atoms with Gasteiger partial charge in [-0.15, -0.1) is 0 Å². The molecule has 3 atom stereocenters. The molecular formula is C44H72NO10P. The summed E-state index contributed by atoms with van der Waals surface area (Å²) in [6.07, 6.45) is 46.5. The number of hydrogen-bond donors (Lipinski definition) is 4. The molecule has 0 saturated heterocycles. The number of aliphatic carboxylic acids is 1. The van der Waals surface area contributed by atoms with Crippen molar-refractivity contribution in [3.8, 4) is 0 Å². The fourth-order valence-electron chi connectivity index (χ4n) is 5.04. The van der Waals surface area contributed by atoms with Crippen LogP contribution in [0.15, 0.2) is 85.1 Å². The van der Waals surface area contributed by atoms with E-state index in [-0.39, 0.29) is 12.8 Å². The summed E-state index contributed by atoms with van der Waals surface area (Å²) in [6.45, 7) is 2.37. The summed E-state index contributed by atoms with van der Waals surface area (Å²) >= 11 is 0. The van der Waals surface area contributed by atoms with Crippen LogP contribution < -0.4 is 5.32 Å². The van der Waals surface area contributed by atoms with E-state index in [0.717, 1.165) is 57.8 Å². The van der Waals surface area contributed by atoms with E-state index < -0.39 is 57.6 Å². The molecular weight excluding hydrogens is 733 g/mol. The van der Waals surface area contributed by atoms with E-state index >= 15 is 0 Å². The maximum absolute atomic E-state index is 12.2. The van der Waals surface area contributed by atoms with Gasteiger partial charge in [-0.1, -0.05) is 163 Å². The van der Waals surface area contributed by atoms with Crippen LogP contribution in [0, 0.1) is 0 Å². The molecule has 3 unspecified atom stereocenters. The van der Waals surface area contributed by atoms with Crippen molar-refractivity contribution in [1.82, 2.24) is 5.32 Å². The zero-order valence-corrected chi connectivity index (χ0v) is 35.0. The van der Waals surface area contributed by atoms with Gasteiger partial charge in [-0.2, -0.15) is 0 Å². The van der Waals surface area contributed by atoms with E-state index in [9.17, 15) is 34.1 Å². The van der Waals surface area contributed by atoms with Crippen LogP contribution in [-0.2, 0) is 32.7 Å². The first-order valence-electron chi connectivity index (χ1n) is 20.6. The maximum Gasteiger partial charge on any atom is 0.472 e. The minimum Gasteiger partial charge on any atom is -0.480 e. The molecule has 4 N–H and O–H groups in total. The van der Waals surface area contributed by atoms with Crippen LogP contribution in [0.5, 0.6) is 0 Å². The number of carbonyl (C=O) groups is 3. The second-order valence-electron chi connectivity index (χ2n) is 13.5. The largest absolute Gasteiger partial charge is 0.480 e. The van der Waals surface area contributed by atoms with Gasteiger partial charge in [-0.05, 0) is 51.4 Å². The fraction of sp³-hybridized carbons (Fsp3) is 0.614. The topological polar surface area (TPSA) is 169 Å². The van der Waals surface area contributed by atoms with Gasteiger partial charge in [0.15, 0.2) is 6.04 Å². The Bertz CT molecular complexity index is 1270. The number of rotatable bonds is 37. The average molecular weight is 806 g/mol. The monoisotopic (exact) mass is 805 g/mol. The van der Waals surface area contributed by atoms with Crippen LogP contribution in [0.25, 0.3) is 0 Å². The SMILES string of the molecule is CC/C=C\C/C=C\C/C=C\C/C=C\C/C=C\C/C=C\C/C=C\CC(=O)NC(COP(=O)(O)OCC(O)COC(=O)CCCCCCCCCCCCC)C(=O)O. The summed E-state index contributed by atoms with van der Waals surface area (Å²) in [7, 11) is -4.78. The number of unbranched alkanes of at least 4 members (excludes halogenated alkanes) is 10. The minimum absolute atomic E-state index is 0.0934. The van der Waals surface area contributed by atoms with Crippen LogP contribution in [0.2, 0.25) is 0 Å². The summed E-state index contributed by atoms with van der Waals surface area (Å²) in [6, 6.07) is -1.61. The lowest BCUT2D eigenvalue weighted by Crippen LogP contribution is -2.43. The van der Waals surface area contributed by atoms with E-state index in [1.807, 2.05) is 12.2 Å². The number of ether oxygens (including phenoxy) is 1. The molecule has 0 aromatic rings. The number of carboxylic acids is 1. The standard InChI is InChI=1S/C44H72NO10P/c1-3-5-7-9-11-13-15-16-17-18-19-20-21-22-23-24-26-27-29-31-33-35-42(47)45-41(44(49)50)39-55-56(51,52)54-38-40(46)37-53-43(48)36-34-32-30-28-25-14-12-10-8-6-4-2/h5,7,11,13,16-17,19-20,22-23,26-27,31,33,40-41,46H,3-4,6,8-10,12,14-15,18,21,24-25,28-30,32,34-39H2,1-2H3,(H,45,47)(H,49,50)(H,51,52)/b7-5-,13-11-,17-16-,20-19-,23-22-,27-26-,33-31-. The Balaban J connectivity index is 4.11. The van der Waals surface area contributed by atoms with Crippen LogP contribution >= 0.6 is 7.82 Å². The molecule has 56 heavy (non-hydrogen) atoms. The van der Waals surface area contributed by atoms with Crippen LogP contribution in [-0.4, -0.2) is 64.9 Å². The summed E-state index contributed by atoms with van der Waals surface area (Å²) in [4.78, 5) is 45.7. The van der Waals surface area contributed by atoms with Crippen LogP contribution in [0.3, 0.4) is 0 Å². The Kier molecular flexibility index (Phi) is 36.2. The minimum atomic E-state index is -4.78. The number of nitrogens with one attached hydrogen (secondary N) is 1. The van der Waals surface area contributed by atoms with Crippen molar-refractivity contribution in [2.24, 2.45) is 0 Å². The van der Waals surface area contributed by atoms with Gasteiger partial charge < -0.3 is 25.2 Å². The number of phosphoric ester groups is 1. The molecule has 0 aliphatic heterocycles. The first-order valence-corrected chi connectivity index (χ1v) is 22.1. The van der Waals surface area contributed by atoms with Crippen molar-refractivity contribution in [2.75, 3.05) is 19.8 Å². The molecule has 318 valence electrons. The van der Waals surface area contributed by atoms with Gasteiger partial charge in [0.25, 0.3) is 0 Å². The smallest absolute Gasteiger partial charge is 0.472 e. The molecule has 0 aromatic heterocycles. The van der Waals surface area contributed by atoms with Crippen molar-refractivity contribution < 1.29 is 47.8 Å². The van der Waals surface area contributed by atoms with Crippen molar-refractivity contribution in [3.05, 3.63) is 85.1 Å². The third kappa shape index (κ3) is 37.6. The number of esters is 1. The molecule has 0 aliphatic carbocycles. The predicted octanol–water partition coefficient (Wildman–Crippen LogP) is 10.3. The Morgan fingerprint density at radius 1 is 0.589 bits per heavy atom. The van der Waals surface area contributed by atoms with Gasteiger partial charge in [0.2, 0.25) is 5.91 Å². The number of aliphatic hydroxyl groups is 1. The molecule has 0 aliphatic rings. The molecule has 12 heteroatoms. The molecule has 0 spiro atoms. The number of phosphoric acid groups is 1. The normalized spacial score (nSPS) is 14.6.